The zero-order valence-corrected chi connectivity index (χ0v) is 8.71. The first kappa shape index (κ1) is 10.3. The van der Waals surface area contributed by atoms with Gasteiger partial charge in [0.05, 0.1) is 12.3 Å². The third kappa shape index (κ3) is 3.64. The van der Waals surface area contributed by atoms with Crippen LogP contribution in [0.4, 0.5) is 0 Å². The molecule has 72 valence electrons. The molecule has 2 nitrogen and oxygen atoms in total. The van der Waals surface area contributed by atoms with E-state index in [2.05, 4.69) is 4.98 Å². The van der Waals surface area contributed by atoms with Crippen molar-refractivity contribution < 1.29 is 4.74 Å². The van der Waals surface area contributed by atoms with E-state index in [9.17, 15) is 0 Å². The Kier molecular flexibility index (Phi) is 4.03. The summed E-state index contributed by atoms with van der Waals surface area (Å²) in [6, 6.07) is 1.98. The van der Waals surface area contributed by atoms with Crippen molar-refractivity contribution in [1.82, 2.24) is 4.98 Å². The van der Waals surface area contributed by atoms with Gasteiger partial charge >= 0.3 is 0 Å². The Labute approximate surface area is 83.9 Å². The number of nitrogens with zero attached hydrogens (tertiary/aromatic N) is 1. The number of alkyl halides is 1. The van der Waals surface area contributed by atoms with Crippen molar-refractivity contribution in [3.8, 4) is 5.75 Å². The average Bonchev–Trinajstić information content (AvgIpc) is 2.04. The summed E-state index contributed by atoms with van der Waals surface area (Å²) in [5.41, 5.74) is 1.12. The van der Waals surface area contributed by atoms with Crippen LogP contribution in [0.1, 0.15) is 19.4 Å². The molecule has 13 heavy (non-hydrogen) atoms. The SMILES string of the molecule is CC(C)Oc1cncc(CCCl)c1. The highest BCUT2D eigenvalue weighted by Crippen LogP contribution is 2.13. The predicted octanol–water partition coefficient (Wildman–Crippen LogP) is 2.65. The van der Waals surface area contributed by atoms with Crippen LogP contribution in [0.2, 0.25) is 0 Å². The maximum absolute atomic E-state index is 5.63. The zero-order valence-electron chi connectivity index (χ0n) is 7.96. The van der Waals surface area contributed by atoms with E-state index in [0.717, 1.165) is 17.7 Å². The number of aryl methyl sites for hydroxylation is 1. The number of ether oxygens (including phenoxy) is 1. The Morgan fingerprint density at radius 1 is 1.46 bits per heavy atom. The van der Waals surface area contributed by atoms with Gasteiger partial charge in [0.1, 0.15) is 5.75 Å². The van der Waals surface area contributed by atoms with Crippen LogP contribution < -0.4 is 4.74 Å². The molecule has 0 fully saturated rings. The second-order valence-electron chi connectivity index (χ2n) is 3.13. The summed E-state index contributed by atoms with van der Waals surface area (Å²) in [6.07, 6.45) is 4.56. The minimum atomic E-state index is 0.188. The van der Waals surface area contributed by atoms with Crippen molar-refractivity contribution in [2.75, 3.05) is 5.88 Å². The number of halogens is 1. The molecule has 0 unspecified atom stereocenters. The van der Waals surface area contributed by atoms with Gasteiger partial charge in [-0.05, 0) is 31.9 Å². The van der Waals surface area contributed by atoms with Gasteiger partial charge in [-0.1, -0.05) is 0 Å². The van der Waals surface area contributed by atoms with Gasteiger partial charge in [-0.2, -0.15) is 0 Å². The van der Waals surface area contributed by atoms with Gasteiger partial charge in [-0.15, -0.1) is 11.6 Å². The summed E-state index contributed by atoms with van der Waals surface area (Å²) in [7, 11) is 0. The molecule has 1 rings (SSSR count). The molecule has 0 aliphatic carbocycles. The van der Waals surface area contributed by atoms with Crippen LogP contribution in [0.25, 0.3) is 0 Å². The van der Waals surface area contributed by atoms with Gasteiger partial charge in [-0.25, -0.2) is 0 Å². The number of aromatic nitrogens is 1. The van der Waals surface area contributed by atoms with Crippen molar-refractivity contribution in [3.05, 3.63) is 24.0 Å². The van der Waals surface area contributed by atoms with E-state index < -0.39 is 0 Å². The largest absolute Gasteiger partial charge is 0.489 e. The molecule has 1 aromatic heterocycles. The minimum Gasteiger partial charge on any atom is -0.489 e. The number of rotatable bonds is 4. The van der Waals surface area contributed by atoms with Gasteiger partial charge in [0.25, 0.3) is 0 Å². The normalized spacial score (nSPS) is 10.5. The van der Waals surface area contributed by atoms with Crippen LogP contribution in [-0.4, -0.2) is 17.0 Å². The summed E-state index contributed by atoms with van der Waals surface area (Å²) in [5.74, 6) is 1.44. The first-order valence-corrected chi connectivity index (χ1v) is 4.92. The molecule has 0 aromatic carbocycles. The van der Waals surface area contributed by atoms with Crippen LogP contribution >= 0.6 is 11.6 Å². The van der Waals surface area contributed by atoms with Crippen molar-refractivity contribution in [2.45, 2.75) is 26.4 Å². The predicted molar refractivity (Wildman–Crippen MR) is 54.4 cm³/mol. The molecule has 1 heterocycles. The van der Waals surface area contributed by atoms with Crippen molar-refractivity contribution in [2.24, 2.45) is 0 Å². The first-order valence-electron chi connectivity index (χ1n) is 4.39. The van der Waals surface area contributed by atoms with E-state index in [1.807, 2.05) is 26.1 Å². The average molecular weight is 200 g/mol. The van der Waals surface area contributed by atoms with E-state index in [4.69, 9.17) is 16.3 Å². The fraction of sp³-hybridized carbons (Fsp3) is 0.500. The molecule has 0 atom stereocenters. The summed E-state index contributed by atoms with van der Waals surface area (Å²) >= 11 is 5.63. The van der Waals surface area contributed by atoms with Gasteiger partial charge < -0.3 is 4.74 Å². The van der Waals surface area contributed by atoms with Gasteiger partial charge in [-0.3, -0.25) is 4.98 Å². The van der Waals surface area contributed by atoms with Crippen molar-refractivity contribution in [3.63, 3.8) is 0 Å². The minimum absolute atomic E-state index is 0.188. The molecule has 3 heteroatoms. The fourth-order valence-corrected chi connectivity index (χ4v) is 1.26. The lowest BCUT2D eigenvalue weighted by Gasteiger charge is -2.09. The smallest absolute Gasteiger partial charge is 0.138 e. The fourth-order valence-electron chi connectivity index (χ4n) is 1.05. The summed E-state index contributed by atoms with van der Waals surface area (Å²) < 4.78 is 5.50. The highest BCUT2D eigenvalue weighted by Gasteiger charge is 1.99. The zero-order chi connectivity index (χ0) is 9.68. The maximum atomic E-state index is 5.63. The lowest BCUT2D eigenvalue weighted by Crippen LogP contribution is -2.06. The number of pyridine rings is 1. The monoisotopic (exact) mass is 199 g/mol. The number of hydrogen-bond donors (Lipinski definition) is 0. The van der Waals surface area contributed by atoms with Crippen molar-refractivity contribution >= 4 is 11.6 Å². The van der Waals surface area contributed by atoms with Crippen LogP contribution in [0.5, 0.6) is 5.75 Å². The Morgan fingerprint density at radius 3 is 2.85 bits per heavy atom. The molecule has 0 radical (unpaired) electrons. The van der Waals surface area contributed by atoms with Gasteiger partial charge in [0.2, 0.25) is 0 Å². The Morgan fingerprint density at radius 2 is 2.23 bits per heavy atom. The second-order valence-corrected chi connectivity index (χ2v) is 3.51. The van der Waals surface area contributed by atoms with Crippen LogP contribution in [0, 0.1) is 0 Å². The van der Waals surface area contributed by atoms with Crippen LogP contribution in [0.3, 0.4) is 0 Å². The molecular formula is C10H14ClNO. The van der Waals surface area contributed by atoms with Crippen LogP contribution in [-0.2, 0) is 6.42 Å². The number of hydrogen-bond acceptors (Lipinski definition) is 2. The molecule has 0 aliphatic heterocycles. The first-order chi connectivity index (χ1) is 6.22. The topological polar surface area (TPSA) is 22.1 Å². The van der Waals surface area contributed by atoms with Crippen molar-refractivity contribution in [1.29, 1.82) is 0 Å². The molecular weight excluding hydrogens is 186 g/mol. The highest BCUT2D eigenvalue weighted by molar-refractivity contribution is 6.17. The van der Waals surface area contributed by atoms with E-state index in [-0.39, 0.29) is 6.10 Å². The van der Waals surface area contributed by atoms with E-state index in [1.54, 1.807) is 6.20 Å². The lowest BCUT2D eigenvalue weighted by atomic mass is 10.2. The summed E-state index contributed by atoms with van der Waals surface area (Å²) in [5, 5.41) is 0. The molecule has 0 bridgehead atoms. The third-order valence-electron chi connectivity index (χ3n) is 1.52. The Hall–Kier alpha value is -0.760. The van der Waals surface area contributed by atoms with E-state index in [0.29, 0.717) is 5.88 Å². The molecule has 0 amide bonds. The lowest BCUT2D eigenvalue weighted by molar-refractivity contribution is 0.241. The molecule has 0 N–H and O–H groups in total. The molecule has 0 spiro atoms. The van der Waals surface area contributed by atoms with Crippen LogP contribution in [0.15, 0.2) is 18.5 Å². The standard InChI is InChI=1S/C10H14ClNO/c1-8(2)13-10-5-9(3-4-11)6-12-7-10/h5-8H,3-4H2,1-2H3. The summed E-state index contributed by atoms with van der Waals surface area (Å²) in [6.45, 7) is 3.99. The highest BCUT2D eigenvalue weighted by atomic mass is 35.5. The molecule has 0 saturated carbocycles. The maximum Gasteiger partial charge on any atom is 0.138 e. The molecule has 1 aromatic rings. The summed E-state index contributed by atoms with van der Waals surface area (Å²) in [4.78, 5) is 4.07. The molecule has 0 aliphatic rings. The van der Waals surface area contributed by atoms with Gasteiger partial charge in [0, 0.05) is 12.1 Å². The quantitative estimate of drug-likeness (QED) is 0.696. The third-order valence-corrected chi connectivity index (χ3v) is 1.71. The Bertz CT molecular complexity index is 263. The molecule has 0 saturated heterocycles. The van der Waals surface area contributed by atoms with E-state index >= 15 is 0 Å². The Balaban J connectivity index is 2.67. The second kappa shape index (κ2) is 5.07. The van der Waals surface area contributed by atoms with E-state index in [1.165, 1.54) is 0 Å². The van der Waals surface area contributed by atoms with Gasteiger partial charge in [0.15, 0.2) is 0 Å².